The van der Waals surface area contributed by atoms with Crippen LogP contribution >= 0.6 is 11.6 Å². The third kappa shape index (κ3) is 3.70. The number of rotatable bonds is 5. The molecular formula is C18H19ClN6O2. The zero-order chi connectivity index (χ0) is 19.6. The standard InChI is InChI=1S/C18H19ClN6O2/c1-4-25-16(18(27)22-14-9-20-24(3)11(14)2)15(10-21-25)23-17(26)12-7-5-6-8-13(12)19/h5-10H,4H2,1-3H3,(H,22,27)(H,23,26). The lowest BCUT2D eigenvalue weighted by Crippen LogP contribution is -2.21. The van der Waals surface area contributed by atoms with Crippen LogP contribution in [0.5, 0.6) is 0 Å². The van der Waals surface area contributed by atoms with E-state index in [0.717, 1.165) is 5.69 Å². The summed E-state index contributed by atoms with van der Waals surface area (Å²) in [5.41, 5.74) is 2.28. The van der Waals surface area contributed by atoms with Gasteiger partial charge in [0.15, 0.2) is 0 Å². The van der Waals surface area contributed by atoms with Gasteiger partial charge in [-0.15, -0.1) is 0 Å². The average Bonchev–Trinajstić information content (AvgIpc) is 3.20. The summed E-state index contributed by atoms with van der Waals surface area (Å²) < 4.78 is 3.18. The average molecular weight is 387 g/mol. The van der Waals surface area contributed by atoms with E-state index in [-0.39, 0.29) is 11.6 Å². The molecule has 1 aromatic carbocycles. The van der Waals surface area contributed by atoms with Crippen LogP contribution < -0.4 is 10.6 Å². The van der Waals surface area contributed by atoms with Crippen LogP contribution in [0.2, 0.25) is 5.02 Å². The Morgan fingerprint density at radius 1 is 1.07 bits per heavy atom. The number of aromatic nitrogens is 4. The van der Waals surface area contributed by atoms with E-state index < -0.39 is 5.91 Å². The van der Waals surface area contributed by atoms with Crippen molar-refractivity contribution in [3.05, 3.63) is 58.6 Å². The molecule has 8 nitrogen and oxygen atoms in total. The maximum absolute atomic E-state index is 12.8. The van der Waals surface area contributed by atoms with Gasteiger partial charge in [0, 0.05) is 13.6 Å². The number of nitrogens with one attached hydrogen (secondary N) is 2. The molecule has 0 saturated carbocycles. The number of halogens is 1. The molecule has 2 heterocycles. The van der Waals surface area contributed by atoms with E-state index in [1.54, 1.807) is 42.2 Å². The van der Waals surface area contributed by atoms with E-state index in [1.807, 2.05) is 13.8 Å². The van der Waals surface area contributed by atoms with Crippen LogP contribution in [0, 0.1) is 6.92 Å². The molecule has 0 aliphatic heterocycles. The van der Waals surface area contributed by atoms with Crippen LogP contribution in [0.4, 0.5) is 11.4 Å². The predicted molar refractivity (Wildman–Crippen MR) is 103 cm³/mol. The maximum Gasteiger partial charge on any atom is 0.276 e. The summed E-state index contributed by atoms with van der Waals surface area (Å²) in [6.45, 7) is 4.18. The summed E-state index contributed by atoms with van der Waals surface area (Å²) in [6, 6.07) is 6.70. The minimum absolute atomic E-state index is 0.251. The molecule has 2 amide bonds. The van der Waals surface area contributed by atoms with Crippen molar-refractivity contribution < 1.29 is 9.59 Å². The van der Waals surface area contributed by atoms with E-state index in [0.29, 0.717) is 28.5 Å². The number of aryl methyl sites for hydroxylation is 2. The summed E-state index contributed by atoms with van der Waals surface area (Å²) in [7, 11) is 1.79. The molecule has 0 unspecified atom stereocenters. The summed E-state index contributed by atoms with van der Waals surface area (Å²) in [6.07, 6.45) is 3.02. The van der Waals surface area contributed by atoms with Crippen molar-refractivity contribution in [3.63, 3.8) is 0 Å². The van der Waals surface area contributed by atoms with Gasteiger partial charge in [-0.05, 0) is 26.0 Å². The Morgan fingerprint density at radius 3 is 2.37 bits per heavy atom. The molecule has 0 atom stereocenters. The first-order valence-corrected chi connectivity index (χ1v) is 8.71. The molecule has 2 N–H and O–H groups in total. The maximum atomic E-state index is 12.8. The van der Waals surface area contributed by atoms with Gasteiger partial charge in [-0.2, -0.15) is 10.2 Å². The van der Waals surface area contributed by atoms with E-state index >= 15 is 0 Å². The molecule has 0 radical (unpaired) electrons. The Morgan fingerprint density at radius 2 is 1.74 bits per heavy atom. The number of hydrogen-bond acceptors (Lipinski definition) is 4. The van der Waals surface area contributed by atoms with Crippen LogP contribution in [0.15, 0.2) is 36.7 Å². The lowest BCUT2D eigenvalue weighted by atomic mass is 10.2. The van der Waals surface area contributed by atoms with Crippen LogP contribution in [-0.4, -0.2) is 31.4 Å². The lowest BCUT2D eigenvalue weighted by molar-refractivity contribution is 0.101. The lowest BCUT2D eigenvalue weighted by Gasteiger charge is -2.10. The van der Waals surface area contributed by atoms with E-state index in [1.165, 1.54) is 10.9 Å². The largest absolute Gasteiger partial charge is 0.319 e. The molecule has 9 heteroatoms. The number of carbonyl (C=O) groups excluding carboxylic acids is 2. The Bertz CT molecular complexity index is 1010. The molecule has 0 aliphatic rings. The molecule has 0 spiro atoms. The van der Waals surface area contributed by atoms with Gasteiger partial charge in [0.25, 0.3) is 11.8 Å². The number of amides is 2. The van der Waals surface area contributed by atoms with E-state index in [9.17, 15) is 9.59 Å². The van der Waals surface area contributed by atoms with Crippen LogP contribution in [0.1, 0.15) is 33.5 Å². The highest BCUT2D eigenvalue weighted by Crippen LogP contribution is 2.22. The summed E-state index contributed by atoms with van der Waals surface area (Å²) >= 11 is 6.08. The normalized spacial score (nSPS) is 10.7. The van der Waals surface area contributed by atoms with E-state index in [4.69, 9.17) is 11.6 Å². The summed E-state index contributed by atoms with van der Waals surface area (Å²) in [5.74, 6) is -0.803. The zero-order valence-electron chi connectivity index (χ0n) is 15.2. The minimum Gasteiger partial charge on any atom is -0.319 e. The molecule has 2 aromatic heterocycles. The fraction of sp³-hybridized carbons (Fsp3) is 0.222. The quantitative estimate of drug-likeness (QED) is 0.704. The third-order valence-corrected chi connectivity index (χ3v) is 4.53. The molecule has 0 aliphatic carbocycles. The molecular weight excluding hydrogens is 368 g/mol. The fourth-order valence-electron chi connectivity index (χ4n) is 2.59. The van der Waals surface area contributed by atoms with Gasteiger partial charge >= 0.3 is 0 Å². The monoisotopic (exact) mass is 386 g/mol. The highest BCUT2D eigenvalue weighted by atomic mass is 35.5. The van der Waals surface area contributed by atoms with Gasteiger partial charge in [0.2, 0.25) is 0 Å². The van der Waals surface area contributed by atoms with Crippen molar-refractivity contribution in [3.8, 4) is 0 Å². The topological polar surface area (TPSA) is 93.8 Å². The van der Waals surface area contributed by atoms with Crippen molar-refractivity contribution in [2.75, 3.05) is 10.6 Å². The van der Waals surface area contributed by atoms with Gasteiger partial charge in [0.05, 0.1) is 40.0 Å². The van der Waals surface area contributed by atoms with Crippen LogP contribution in [0.25, 0.3) is 0 Å². The Hall–Kier alpha value is -3.13. The second-order valence-corrected chi connectivity index (χ2v) is 6.29. The molecule has 0 bridgehead atoms. The van der Waals surface area contributed by atoms with Gasteiger partial charge in [0.1, 0.15) is 5.69 Å². The summed E-state index contributed by atoms with van der Waals surface area (Å²) in [4.78, 5) is 25.4. The molecule has 27 heavy (non-hydrogen) atoms. The predicted octanol–water partition coefficient (Wildman–Crippen LogP) is 3.10. The second kappa shape index (κ2) is 7.63. The van der Waals surface area contributed by atoms with Gasteiger partial charge in [-0.25, -0.2) is 0 Å². The molecule has 0 saturated heterocycles. The first kappa shape index (κ1) is 18.7. The number of carbonyl (C=O) groups is 2. The van der Waals surface area contributed by atoms with Gasteiger partial charge in [-0.1, -0.05) is 23.7 Å². The zero-order valence-corrected chi connectivity index (χ0v) is 15.9. The van der Waals surface area contributed by atoms with Crippen LogP contribution in [0.3, 0.4) is 0 Å². The molecule has 3 aromatic rings. The van der Waals surface area contributed by atoms with Crippen LogP contribution in [-0.2, 0) is 13.6 Å². The minimum atomic E-state index is -0.414. The Labute approximate surface area is 161 Å². The number of nitrogens with zero attached hydrogens (tertiary/aromatic N) is 4. The first-order chi connectivity index (χ1) is 12.9. The van der Waals surface area contributed by atoms with Crippen molar-refractivity contribution in [2.45, 2.75) is 20.4 Å². The number of anilines is 2. The smallest absolute Gasteiger partial charge is 0.276 e. The van der Waals surface area contributed by atoms with Crippen molar-refractivity contribution in [1.82, 2.24) is 19.6 Å². The Balaban J connectivity index is 1.88. The van der Waals surface area contributed by atoms with Gasteiger partial charge in [-0.3, -0.25) is 19.0 Å². The number of benzene rings is 1. The van der Waals surface area contributed by atoms with Crippen molar-refractivity contribution >= 4 is 34.8 Å². The molecule has 0 fully saturated rings. The SMILES string of the molecule is CCn1ncc(NC(=O)c2ccccc2Cl)c1C(=O)Nc1cnn(C)c1C. The summed E-state index contributed by atoms with van der Waals surface area (Å²) in [5, 5.41) is 14.2. The highest BCUT2D eigenvalue weighted by Gasteiger charge is 2.22. The highest BCUT2D eigenvalue weighted by molar-refractivity contribution is 6.34. The van der Waals surface area contributed by atoms with Crippen molar-refractivity contribution in [2.24, 2.45) is 7.05 Å². The second-order valence-electron chi connectivity index (χ2n) is 5.88. The van der Waals surface area contributed by atoms with E-state index in [2.05, 4.69) is 20.8 Å². The molecule has 140 valence electrons. The van der Waals surface area contributed by atoms with Gasteiger partial charge < -0.3 is 10.6 Å². The fourth-order valence-corrected chi connectivity index (χ4v) is 2.82. The first-order valence-electron chi connectivity index (χ1n) is 8.34. The molecule has 3 rings (SSSR count). The Kier molecular flexibility index (Phi) is 5.27. The number of hydrogen-bond donors (Lipinski definition) is 2. The van der Waals surface area contributed by atoms with Crippen molar-refractivity contribution in [1.29, 1.82) is 0 Å². The third-order valence-electron chi connectivity index (χ3n) is 4.20.